The number of phenols is 1. The van der Waals surface area contributed by atoms with Crippen LogP contribution in [0.4, 0.5) is 0 Å². The van der Waals surface area contributed by atoms with Crippen LogP contribution in [0.1, 0.15) is 17.2 Å². The van der Waals surface area contributed by atoms with Crippen molar-refractivity contribution in [1.29, 1.82) is 0 Å². The van der Waals surface area contributed by atoms with Gasteiger partial charge in [0.1, 0.15) is 6.04 Å². The van der Waals surface area contributed by atoms with Crippen LogP contribution in [0.15, 0.2) is 48.5 Å². The van der Waals surface area contributed by atoms with E-state index in [0.29, 0.717) is 17.9 Å². The SMILES string of the molecule is COc1ccc(CNC(C(=O)O)c2ccccc2)cc1O. The first-order valence-corrected chi connectivity index (χ1v) is 6.49. The summed E-state index contributed by atoms with van der Waals surface area (Å²) >= 11 is 0. The zero-order chi connectivity index (χ0) is 15.2. The molecular formula is C16H17NO4. The topological polar surface area (TPSA) is 78.8 Å². The summed E-state index contributed by atoms with van der Waals surface area (Å²) in [6.07, 6.45) is 0. The summed E-state index contributed by atoms with van der Waals surface area (Å²) in [5.74, 6) is -0.529. The highest BCUT2D eigenvalue weighted by Crippen LogP contribution is 2.26. The van der Waals surface area contributed by atoms with Crippen molar-refractivity contribution in [2.75, 3.05) is 7.11 Å². The number of methoxy groups -OCH3 is 1. The fourth-order valence-corrected chi connectivity index (χ4v) is 2.06. The predicted molar refractivity (Wildman–Crippen MR) is 78.3 cm³/mol. The number of aliphatic carboxylic acids is 1. The quantitative estimate of drug-likeness (QED) is 0.760. The van der Waals surface area contributed by atoms with Gasteiger partial charge in [0.2, 0.25) is 0 Å². The third-order valence-electron chi connectivity index (χ3n) is 3.13. The molecule has 0 heterocycles. The predicted octanol–water partition coefficient (Wildman–Crippen LogP) is 2.32. The molecule has 2 aromatic carbocycles. The summed E-state index contributed by atoms with van der Waals surface area (Å²) in [7, 11) is 1.48. The maximum atomic E-state index is 11.4. The van der Waals surface area contributed by atoms with Crippen LogP contribution in [0.3, 0.4) is 0 Å². The zero-order valence-corrected chi connectivity index (χ0v) is 11.6. The van der Waals surface area contributed by atoms with Crippen LogP contribution in [-0.2, 0) is 11.3 Å². The Labute approximate surface area is 122 Å². The molecule has 0 aliphatic carbocycles. The van der Waals surface area contributed by atoms with Crippen molar-refractivity contribution in [2.24, 2.45) is 0 Å². The third kappa shape index (κ3) is 3.73. The maximum Gasteiger partial charge on any atom is 0.325 e. The molecule has 0 fully saturated rings. The minimum absolute atomic E-state index is 0.0309. The maximum absolute atomic E-state index is 11.4. The molecule has 1 unspecified atom stereocenters. The second-order valence-corrected chi connectivity index (χ2v) is 4.57. The minimum atomic E-state index is -0.945. The van der Waals surface area contributed by atoms with E-state index in [0.717, 1.165) is 5.56 Å². The number of phenolic OH excluding ortho intramolecular Hbond substituents is 1. The van der Waals surface area contributed by atoms with Crippen LogP contribution in [0.5, 0.6) is 11.5 Å². The zero-order valence-electron chi connectivity index (χ0n) is 11.6. The Balaban J connectivity index is 2.09. The number of nitrogens with one attached hydrogen (secondary N) is 1. The third-order valence-corrected chi connectivity index (χ3v) is 3.13. The Morgan fingerprint density at radius 1 is 1.24 bits per heavy atom. The molecule has 3 N–H and O–H groups in total. The lowest BCUT2D eigenvalue weighted by Crippen LogP contribution is -2.28. The molecule has 0 aromatic heterocycles. The fourth-order valence-electron chi connectivity index (χ4n) is 2.06. The molecule has 1 atom stereocenters. The number of carboxylic acid groups (broad SMARTS) is 1. The lowest BCUT2D eigenvalue weighted by Gasteiger charge is -2.15. The first kappa shape index (κ1) is 14.9. The van der Waals surface area contributed by atoms with Crippen LogP contribution in [0.2, 0.25) is 0 Å². The van der Waals surface area contributed by atoms with Crippen molar-refractivity contribution in [2.45, 2.75) is 12.6 Å². The standard InChI is InChI=1S/C16H17NO4/c1-21-14-8-7-11(9-13(14)18)10-17-15(16(19)20)12-5-3-2-4-6-12/h2-9,15,17-18H,10H2,1H3,(H,19,20). The molecule has 0 bridgehead atoms. The summed E-state index contributed by atoms with van der Waals surface area (Å²) in [5.41, 5.74) is 1.46. The van der Waals surface area contributed by atoms with E-state index >= 15 is 0 Å². The number of aromatic hydroxyl groups is 1. The number of carbonyl (C=O) groups is 1. The monoisotopic (exact) mass is 287 g/mol. The molecule has 2 aromatic rings. The highest BCUT2D eigenvalue weighted by molar-refractivity contribution is 5.75. The van der Waals surface area contributed by atoms with Crippen molar-refractivity contribution in [3.05, 3.63) is 59.7 Å². The smallest absolute Gasteiger partial charge is 0.325 e. The molecule has 2 rings (SSSR count). The molecular weight excluding hydrogens is 270 g/mol. The van der Waals surface area contributed by atoms with Gasteiger partial charge in [0.05, 0.1) is 7.11 Å². The Bertz CT molecular complexity index is 613. The van der Waals surface area contributed by atoms with Gasteiger partial charge in [-0.1, -0.05) is 36.4 Å². The number of hydrogen-bond acceptors (Lipinski definition) is 4. The van der Waals surface area contributed by atoms with Gasteiger partial charge < -0.3 is 14.9 Å². The molecule has 110 valence electrons. The molecule has 0 saturated heterocycles. The molecule has 0 spiro atoms. The molecule has 0 amide bonds. The molecule has 5 heteroatoms. The molecule has 0 aliphatic heterocycles. The largest absolute Gasteiger partial charge is 0.504 e. The van der Waals surface area contributed by atoms with Crippen LogP contribution >= 0.6 is 0 Å². The molecule has 0 saturated carbocycles. The molecule has 5 nitrogen and oxygen atoms in total. The Kier molecular flexibility index (Phi) is 4.79. The Morgan fingerprint density at radius 3 is 2.52 bits per heavy atom. The van der Waals surface area contributed by atoms with E-state index in [1.54, 1.807) is 42.5 Å². The van der Waals surface area contributed by atoms with Gasteiger partial charge >= 0.3 is 5.97 Å². The number of benzene rings is 2. The lowest BCUT2D eigenvalue weighted by atomic mass is 10.1. The molecule has 0 radical (unpaired) electrons. The van der Waals surface area contributed by atoms with Gasteiger partial charge in [-0.05, 0) is 23.3 Å². The first-order chi connectivity index (χ1) is 10.1. The van der Waals surface area contributed by atoms with Crippen molar-refractivity contribution in [3.8, 4) is 11.5 Å². The van der Waals surface area contributed by atoms with E-state index < -0.39 is 12.0 Å². The van der Waals surface area contributed by atoms with E-state index in [4.69, 9.17) is 4.74 Å². The van der Waals surface area contributed by atoms with Crippen molar-refractivity contribution < 1.29 is 19.7 Å². The lowest BCUT2D eigenvalue weighted by molar-refractivity contribution is -0.139. The van der Waals surface area contributed by atoms with Gasteiger partial charge in [-0.3, -0.25) is 10.1 Å². The first-order valence-electron chi connectivity index (χ1n) is 6.49. The van der Waals surface area contributed by atoms with Gasteiger partial charge in [0.15, 0.2) is 11.5 Å². The van der Waals surface area contributed by atoms with E-state index in [1.807, 2.05) is 6.07 Å². The van der Waals surface area contributed by atoms with Crippen LogP contribution in [-0.4, -0.2) is 23.3 Å². The van der Waals surface area contributed by atoms with Crippen LogP contribution < -0.4 is 10.1 Å². The summed E-state index contributed by atoms with van der Waals surface area (Å²) in [6, 6.07) is 13.1. The van der Waals surface area contributed by atoms with Gasteiger partial charge in [-0.15, -0.1) is 0 Å². The fraction of sp³-hybridized carbons (Fsp3) is 0.188. The number of ether oxygens (including phenoxy) is 1. The van der Waals surface area contributed by atoms with Crippen LogP contribution in [0.25, 0.3) is 0 Å². The summed E-state index contributed by atoms with van der Waals surface area (Å²) < 4.78 is 4.97. The average molecular weight is 287 g/mol. The van der Waals surface area contributed by atoms with Gasteiger partial charge in [-0.25, -0.2) is 0 Å². The van der Waals surface area contributed by atoms with Gasteiger partial charge in [0, 0.05) is 6.54 Å². The number of rotatable bonds is 6. The number of carboxylic acids is 1. The summed E-state index contributed by atoms with van der Waals surface area (Å²) in [4.78, 5) is 11.4. The summed E-state index contributed by atoms with van der Waals surface area (Å²) in [5, 5.41) is 22.0. The Morgan fingerprint density at radius 2 is 1.95 bits per heavy atom. The Hall–Kier alpha value is -2.53. The highest BCUT2D eigenvalue weighted by Gasteiger charge is 2.18. The molecule has 0 aliphatic rings. The van der Waals surface area contributed by atoms with E-state index in [1.165, 1.54) is 7.11 Å². The summed E-state index contributed by atoms with van der Waals surface area (Å²) in [6.45, 7) is 0.323. The van der Waals surface area contributed by atoms with Gasteiger partial charge in [-0.2, -0.15) is 0 Å². The molecule has 21 heavy (non-hydrogen) atoms. The van der Waals surface area contributed by atoms with Gasteiger partial charge in [0.25, 0.3) is 0 Å². The number of hydrogen-bond donors (Lipinski definition) is 3. The highest BCUT2D eigenvalue weighted by atomic mass is 16.5. The van der Waals surface area contributed by atoms with Crippen molar-refractivity contribution >= 4 is 5.97 Å². The van der Waals surface area contributed by atoms with Crippen molar-refractivity contribution in [3.63, 3.8) is 0 Å². The van der Waals surface area contributed by atoms with Crippen molar-refractivity contribution in [1.82, 2.24) is 5.32 Å². The van der Waals surface area contributed by atoms with E-state index in [9.17, 15) is 15.0 Å². The van der Waals surface area contributed by atoms with Crippen LogP contribution in [0, 0.1) is 0 Å². The van der Waals surface area contributed by atoms with E-state index in [-0.39, 0.29) is 5.75 Å². The second-order valence-electron chi connectivity index (χ2n) is 4.57. The minimum Gasteiger partial charge on any atom is -0.504 e. The average Bonchev–Trinajstić information content (AvgIpc) is 2.48. The second kappa shape index (κ2) is 6.76. The van der Waals surface area contributed by atoms with E-state index in [2.05, 4.69) is 5.32 Å². The normalized spacial score (nSPS) is 11.9.